The molecule has 16 heavy (non-hydrogen) atoms. The highest BCUT2D eigenvalue weighted by Crippen LogP contribution is 2.37. The van der Waals surface area contributed by atoms with E-state index < -0.39 is 0 Å². The second kappa shape index (κ2) is 3.41. The molecule has 5 nitrogen and oxygen atoms in total. The van der Waals surface area contributed by atoms with Crippen molar-refractivity contribution in [3.63, 3.8) is 0 Å². The molecule has 6 heteroatoms. The van der Waals surface area contributed by atoms with Gasteiger partial charge in [-0.15, -0.1) is 11.8 Å². The monoisotopic (exact) mass is 231 g/mol. The molecule has 1 unspecified atom stereocenters. The number of hydrogen-bond donors (Lipinski definition) is 1. The Hall–Kier alpha value is -1.69. The van der Waals surface area contributed by atoms with Gasteiger partial charge >= 0.3 is 0 Å². The van der Waals surface area contributed by atoms with Gasteiger partial charge in [0.05, 0.1) is 4.90 Å². The third kappa shape index (κ3) is 1.42. The lowest BCUT2D eigenvalue weighted by molar-refractivity contribution is 1.11. The summed E-state index contributed by atoms with van der Waals surface area (Å²) in [4.78, 5) is 17.9. The van der Waals surface area contributed by atoms with Gasteiger partial charge in [0.25, 0.3) is 0 Å². The number of fused-ring (bicyclic) bond motifs is 2. The molecule has 3 rings (SSSR count). The molecule has 1 aromatic heterocycles. The molecule has 0 saturated heterocycles. The molecule has 0 aliphatic carbocycles. The zero-order valence-corrected chi connectivity index (χ0v) is 9.40. The van der Waals surface area contributed by atoms with Gasteiger partial charge in [0.2, 0.25) is 0 Å². The van der Waals surface area contributed by atoms with Crippen LogP contribution in [0.5, 0.6) is 0 Å². The van der Waals surface area contributed by atoms with Crippen LogP contribution in [0.3, 0.4) is 0 Å². The van der Waals surface area contributed by atoms with Crippen LogP contribution >= 0.6 is 11.8 Å². The maximum Gasteiger partial charge on any atom is 0.168 e. The van der Waals surface area contributed by atoms with Crippen molar-refractivity contribution in [1.29, 1.82) is 0 Å². The van der Waals surface area contributed by atoms with Crippen LogP contribution in [0.1, 0.15) is 5.69 Å². The average Bonchev–Trinajstić information content (AvgIpc) is 2.27. The Kier molecular flexibility index (Phi) is 2.03. The van der Waals surface area contributed by atoms with Gasteiger partial charge in [0, 0.05) is 5.69 Å². The lowest BCUT2D eigenvalue weighted by Crippen LogP contribution is -2.36. The van der Waals surface area contributed by atoms with E-state index in [9.17, 15) is 0 Å². The minimum absolute atomic E-state index is 0.0676. The molecule has 2 N–H and O–H groups in total. The molecule has 0 spiro atoms. The van der Waals surface area contributed by atoms with E-state index >= 15 is 0 Å². The number of hydrogen-bond acceptors (Lipinski definition) is 6. The third-order valence-electron chi connectivity index (χ3n) is 2.34. The first kappa shape index (κ1) is 9.53. The number of nitrogens with two attached hydrogens (primary N) is 1. The van der Waals surface area contributed by atoms with Crippen LogP contribution in [0.2, 0.25) is 0 Å². The van der Waals surface area contributed by atoms with Crippen molar-refractivity contribution in [1.82, 2.24) is 4.98 Å². The van der Waals surface area contributed by atoms with E-state index in [4.69, 9.17) is 5.73 Å². The lowest BCUT2D eigenvalue weighted by atomic mass is 10.3. The van der Waals surface area contributed by atoms with Gasteiger partial charge in [0.15, 0.2) is 11.7 Å². The zero-order chi connectivity index (χ0) is 11.1. The van der Waals surface area contributed by atoms with Crippen molar-refractivity contribution in [2.24, 2.45) is 20.7 Å². The number of pyridine rings is 1. The fourth-order valence-electron chi connectivity index (χ4n) is 1.56. The quantitative estimate of drug-likeness (QED) is 0.731. The minimum atomic E-state index is -0.0676. The van der Waals surface area contributed by atoms with E-state index in [1.807, 2.05) is 19.1 Å². The van der Waals surface area contributed by atoms with Crippen molar-refractivity contribution in [3.05, 3.63) is 17.8 Å². The predicted octanol–water partition coefficient (Wildman–Crippen LogP) is 1.29. The molecule has 2 aliphatic heterocycles. The summed E-state index contributed by atoms with van der Waals surface area (Å²) in [5, 5.41) is -0.0676. The normalized spacial score (nSPS) is 21.9. The Morgan fingerprint density at radius 1 is 1.38 bits per heavy atom. The van der Waals surface area contributed by atoms with Gasteiger partial charge in [-0.25, -0.2) is 20.0 Å². The summed E-state index contributed by atoms with van der Waals surface area (Å²) in [7, 11) is 0. The van der Waals surface area contributed by atoms with Crippen molar-refractivity contribution in [3.8, 4) is 0 Å². The molecule has 1 aromatic rings. The largest absolute Gasteiger partial charge is 0.386 e. The van der Waals surface area contributed by atoms with E-state index in [-0.39, 0.29) is 5.25 Å². The van der Waals surface area contributed by atoms with Crippen LogP contribution in [-0.4, -0.2) is 28.2 Å². The molecule has 0 aromatic carbocycles. The van der Waals surface area contributed by atoms with E-state index in [1.165, 1.54) is 6.34 Å². The van der Waals surface area contributed by atoms with E-state index in [0.717, 1.165) is 16.4 Å². The van der Waals surface area contributed by atoms with Crippen LogP contribution in [-0.2, 0) is 0 Å². The van der Waals surface area contributed by atoms with Crippen molar-refractivity contribution in [2.75, 3.05) is 0 Å². The third-order valence-corrected chi connectivity index (χ3v) is 3.60. The maximum absolute atomic E-state index is 5.81. The van der Waals surface area contributed by atoms with Crippen LogP contribution in [0, 0.1) is 6.92 Å². The number of thioether (sulfide) groups is 1. The molecule has 1 atom stereocenters. The molecular formula is C10H9N5S. The highest BCUT2D eigenvalue weighted by Gasteiger charge is 2.29. The molecule has 2 aliphatic rings. The molecule has 0 bridgehead atoms. The van der Waals surface area contributed by atoms with Crippen LogP contribution in [0.15, 0.2) is 32.0 Å². The minimum Gasteiger partial charge on any atom is -0.386 e. The van der Waals surface area contributed by atoms with Crippen LogP contribution in [0.4, 0.5) is 5.82 Å². The summed E-state index contributed by atoms with van der Waals surface area (Å²) >= 11 is 1.59. The first-order chi connectivity index (χ1) is 7.74. The SMILES string of the molecule is Cc1ccc2c(n1)N=C1N=CN=C(N)C1S2. The van der Waals surface area contributed by atoms with Crippen molar-refractivity contribution in [2.45, 2.75) is 17.1 Å². The molecule has 0 amide bonds. The number of aliphatic imine (C=N–C) groups is 3. The van der Waals surface area contributed by atoms with Crippen LogP contribution < -0.4 is 5.73 Å². The summed E-state index contributed by atoms with van der Waals surface area (Å²) in [6.45, 7) is 1.94. The standard InChI is InChI=1S/C10H9N5S/c1-5-2-3-6-9(14-5)15-10-7(16-6)8(11)12-4-13-10/h2-4,7H,1H3,(H2,11,12,13,14,15). The van der Waals surface area contributed by atoms with Gasteiger partial charge in [-0.2, -0.15) is 0 Å². The Morgan fingerprint density at radius 2 is 2.25 bits per heavy atom. The maximum atomic E-state index is 5.81. The van der Waals surface area contributed by atoms with E-state index in [2.05, 4.69) is 20.0 Å². The smallest absolute Gasteiger partial charge is 0.168 e. The number of aromatic nitrogens is 1. The highest BCUT2D eigenvalue weighted by molar-refractivity contribution is 8.01. The van der Waals surface area contributed by atoms with Crippen molar-refractivity contribution >= 4 is 35.6 Å². The Balaban J connectivity index is 2.12. The number of aryl methyl sites for hydroxylation is 1. The van der Waals surface area contributed by atoms with Crippen molar-refractivity contribution < 1.29 is 0 Å². The van der Waals surface area contributed by atoms with E-state index in [1.54, 1.807) is 11.8 Å². The molecule has 80 valence electrons. The molecule has 0 fully saturated rings. The van der Waals surface area contributed by atoms with Gasteiger partial charge in [-0.05, 0) is 19.1 Å². The fourth-order valence-corrected chi connectivity index (χ4v) is 2.56. The average molecular weight is 231 g/mol. The highest BCUT2D eigenvalue weighted by atomic mass is 32.2. The fraction of sp³-hybridized carbons (Fsp3) is 0.200. The first-order valence-corrected chi connectivity index (χ1v) is 5.70. The van der Waals surface area contributed by atoms with Gasteiger partial charge < -0.3 is 5.73 Å². The topological polar surface area (TPSA) is 76.0 Å². The van der Waals surface area contributed by atoms with Gasteiger partial charge in [-0.3, -0.25) is 0 Å². The zero-order valence-electron chi connectivity index (χ0n) is 8.58. The lowest BCUT2D eigenvalue weighted by Gasteiger charge is -2.22. The first-order valence-electron chi connectivity index (χ1n) is 4.82. The van der Waals surface area contributed by atoms with E-state index in [0.29, 0.717) is 11.7 Å². The molecular weight excluding hydrogens is 222 g/mol. The Labute approximate surface area is 96.6 Å². The number of rotatable bonds is 0. The predicted molar refractivity (Wildman–Crippen MR) is 65.8 cm³/mol. The summed E-state index contributed by atoms with van der Waals surface area (Å²) in [6, 6.07) is 3.97. The van der Waals surface area contributed by atoms with Crippen LogP contribution in [0.25, 0.3) is 0 Å². The number of nitrogens with zero attached hydrogens (tertiary/aromatic N) is 4. The Bertz CT molecular complexity index is 546. The Morgan fingerprint density at radius 3 is 3.12 bits per heavy atom. The summed E-state index contributed by atoms with van der Waals surface area (Å²) < 4.78 is 0. The molecule has 0 saturated carbocycles. The second-order valence-corrected chi connectivity index (χ2v) is 4.69. The summed E-state index contributed by atoms with van der Waals surface area (Å²) in [5.41, 5.74) is 6.76. The van der Waals surface area contributed by atoms with Gasteiger partial charge in [-0.1, -0.05) is 0 Å². The molecule has 0 radical (unpaired) electrons. The second-order valence-electron chi connectivity index (χ2n) is 3.54. The summed E-state index contributed by atoms with van der Waals surface area (Å²) in [6.07, 6.45) is 1.44. The van der Waals surface area contributed by atoms with Gasteiger partial charge in [0.1, 0.15) is 17.4 Å². The summed E-state index contributed by atoms with van der Waals surface area (Å²) in [5.74, 6) is 1.95. The molecule has 3 heterocycles. The number of amidine groups is 2.